The SMILES string of the molecule is COc1c(-c2cc(F)c(N3CCCC3=O)c(F)c2)cccc1-c1cc(N2CCN(C(=O)OC(C)(C)C)CC2)no1. The van der Waals surface area contributed by atoms with Gasteiger partial charge in [-0.3, -0.25) is 4.79 Å². The van der Waals surface area contributed by atoms with E-state index in [0.29, 0.717) is 61.1 Å². The molecule has 3 heterocycles. The van der Waals surface area contributed by atoms with E-state index in [0.717, 1.165) is 4.90 Å². The van der Waals surface area contributed by atoms with Crippen molar-refractivity contribution >= 4 is 23.5 Å². The molecule has 0 radical (unpaired) electrons. The van der Waals surface area contributed by atoms with Gasteiger partial charge in [0.25, 0.3) is 0 Å². The van der Waals surface area contributed by atoms with Crippen LogP contribution in [0.2, 0.25) is 0 Å². The van der Waals surface area contributed by atoms with Gasteiger partial charge in [0.15, 0.2) is 23.2 Å². The van der Waals surface area contributed by atoms with Crippen molar-refractivity contribution in [3.05, 3.63) is 48.0 Å². The molecular formula is C29H32F2N4O5. The highest BCUT2D eigenvalue weighted by Gasteiger charge is 2.29. The first-order chi connectivity index (χ1) is 19.1. The van der Waals surface area contributed by atoms with Gasteiger partial charge in [-0.05, 0) is 51.0 Å². The van der Waals surface area contributed by atoms with Crippen molar-refractivity contribution < 1.29 is 32.4 Å². The minimum atomic E-state index is -0.815. The molecule has 2 saturated heterocycles. The fourth-order valence-electron chi connectivity index (χ4n) is 5.03. The summed E-state index contributed by atoms with van der Waals surface area (Å²) in [5.74, 6) is -0.539. The Bertz CT molecular complexity index is 1400. The number of hydrogen-bond donors (Lipinski definition) is 0. The van der Waals surface area contributed by atoms with E-state index >= 15 is 8.78 Å². The number of methoxy groups -OCH3 is 1. The van der Waals surface area contributed by atoms with E-state index in [-0.39, 0.29) is 36.2 Å². The van der Waals surface area contributed by atoms with E-state index < -0.39 is 17.2 Å². The summed E-state index contributed by atoms with van der Waals surface area (Å²) in [5.41, 5.74) is 0.400. The van der Waals surface area contributed by atoms with Crippen LogP contribution in [0.5, 0.6) is 5.75 Å². The van der Waals surface area contributed by atoms with Gasteiger partial charge in [0.1, 0.15) is 17.0 Å². The van der Waals surface area contributed by atoms with E-state index in [1.54, 1.807) is 29.2 Å². The van der Waals surface area contributed by atoms with Crippen molar-refractivity contribution in [3.63, 3.8) is 0 Å². The number of aromatic nitrogens is 1. The molecule has 0 bridgehead atoms. The second-order valence-corrected chi connectivity index (χ2v) is 10.8. The van der Waals surface area contributed by atoms with Gasteiger partial charge in [-0.1, -0.05) is 17.3 Å². The van der Waals surface area contributed by atoms with Gasteiger partial charge in [0.05, 0.1) is 12.7 Å². The molecule has 40 heavy (non-hydrogen) atoms. The lowest BCUT2D eigenvalue weighted by Gasteiger charge is -2.35. The summed E-state index contributed by atoms with van der Waals surface area (Å²) in [7, 11) is 1.47. The molecule has 5 rings (SSSR count). The molecular weight excluding hydrogens is 522 g/mol. The van der Waals surface area contributed by atoms with Gasteiger partial charge in [-0.25, -0.2) is 13.6 Å². The maximum atomic E-state index is 15.1. The average molecular weight is 555 g/mol. The van der Waals surface area contributed by atoms with E-state index in [4.69, 9.17) is 14.0 Å². The number of amides is 2. The number of hydrogen-bond acceptors (Lipinski definition) is 7. The molecule has 2 aliphatic rings. The standard InChI is InChI=1S/C29H32F2N4O5/c1-29(2,3)39-28(37)34-13-11-33(12-14-34)24-17-23(40-32-24)20-8-5-7-19(27(20)38-4)18-15-21(30)26(22(31)16-18)35-10-6-9-25(35)36/h5,7-8,15-17H,6,9-14H2,1-4H3. The minimum Gasteiger partial charge on any atom is -0.495 e. The van der Waals surface area contributed by atoms with Crippen molar-refractivity contribution in [2.45, 2.75) is 39.2 Å². The van der Waals surface area contributed by atoms with E-state index in [9.17, 15) is 9.59 Å². The van der Waals surface area contributed by atoms with E-state index in [1.165, 1.54) is 19.2 Å². The molecule has 2 amide bonds. The van der Waals surface area contributed by atoms with Gasteiger partial charge < -0.3 is 28.7 Å². The van der Waals surface area contributed by atoms with Crippen LogP contribution in [-0.2, 0) is 9.53 Å². The molecule has 3 aromatic rings. The van der Waals surface area contributed by atoms with Crippen LogP contribution in [0.15, 0.2) is 40.9 Å². The molecule has 1 aromatic heterocycles. The normalized spacial score (nSPS) is 16.1. The molecule has 2 aromatic carbocycles. The van der Waals surface area contributed by atoms with E-state index in [2.05, 4.69) is 5.16 Å². The highest BCUT2D eigenvalue weighted by molar-refractivity contribution is 5.96. The first kappa shape index (κ1) is 27.4. The molecule has 212 valence electrons. The number of para-hydroxylation sites is 1. The van der Waals surface area contributed by atoms with Crippen LogP contribution >= 0.6 is 0 Å². The van der Waals surface area contributed by atoms with Crippen LogP contribution in [-0.4, -0.2) is 67.5 Å². The van der Waals surface area contributed by atoms with Crippen molar-refractivity contribution in [2.24, 2.45) is 0 Å². The second-order valence-electron chi connectivity index (χ2n) is 10.8. The molecule has 0 N–H and O–H groups in total. The van der Waals surface area contributed by atoms with Gasteiger partial charge in [0.2, 0.25) is 5.91 Å². The van der Waals surface area contributed by atoms with Crippen LogP contribution in [0.1, 0.15) is 33.6 Å². The molecule has 9 nitrogen and oxygen atoms in total. The minimum absolute atomic E-state index is 0.266. The number of piperazine rings is 1. The van der Waals surface area contributed by atoms with Crippen molar-refractivity contribution in [1.29, 1.82) is 0 Å². The zero-order valence-electron chi connectivity index (χ0n) is 23.0. The summed E-state index contributed by atoms with van der Waals surface area (Å²) in [4.78, 5) is 29.3. The average Bonchev–Trinajstić information content (AvgIpc) is 3.56. The van der Waals surface area contributed by atoms with Crippen molar-refractivity contribution in [1.82, 2.24) is 10.1 Å². The lowest BCUT2D eigenvalue weighted by Crippen LogP contribution is -2.50. The third kappa shape index (κ3) is 5.45. The lowest BCUT2D eigenvalue weighted by atomic mass is 9.99. The molecule has 0 spiro atoms. The predicted octanol–water partition coefficient (Wildman–Crippen LogP) is 5.48. The topological polar surface area (TPSA) is 88.4 Å². The maximum absolute atomic E-state index is 15.1. The number of anilines is 2. The summed E-state index contributed by atoms with van der Waals surface area (Å²) in [6, 6.07) is 9.40. The predicted molar refractivity (Wildman–Crippen MR) is 145 cm³/mol. The highest BCUT2D eigenvalue weighted by atomic mass is 19.1. The summed E-state index contributed by atoms with van der Waals surface area (Å²) in [6.45, 7) is 7.84. The molecule has 0 atom stereocenters. The van der Waals surface area contributed by atoms with Gasteiger partial charge >= 0.3 is 6.09 Å². The van der Waals surface area contributed by atoms with Gasteiger partial charge in [-0.15, -0.1) is 0 Å². The largest absolute Gasteiger partial charge is 0.495 e. The number of rotatable bonds is 5. The summed E-state index contributed by atoms with van der Waals surface area (Å²) in [5, 5.41) is 4.22. The Morgan fingerprint density at radius 3 is 2.27 bits per heavy atom. The van der Waals surface area contributed by atoms with Gasteiger partial charge in [-0.2, -0.15) is 0 Å². The Balaban J connectivity index is 1.37. The molecule has 2 fully saturated rings. The Hall–Kier alpha value is -4.15. The number of carbonyl (C=O) groups is 2. The summed E-state index contributed by atoms with van der Waals surface area (Å²) >= 11 is 0. The third-order valence-corrected chi connectivity index (χ3v) is 6.91. The van der Waals surface area contributed by atoms with Gasteiger partial charge in [0, 0.05) is 50.8 Å². The van der Waals surface area contributed by atoms with Crippen molar-refractivity contribution in [3.8, 4) is 28.2 Å². The molecule has 0 aliphatic carbocycles. The number of carbonyl (C=O) groups excluding carboxylic acids is 2. The quantitative estimate of drug-likeness (QED) is 0.413. The smallest absolute Gasteiger partial charge is 0.410 e. The molecule has 11 heteroatoms. The number of ether oxygens (including phenoxy) is 2. The summed E-state index contributed by atoms with van der Waals surface area (Å²) < 4.78 is 47.0. The molecule has 2 aliphatic heterocycles. The Morgan fingerprint density at radius 2 is 1.68 bits per heavy atom. The molecule has 0 unspecified atom stereocenters. The van der Waals surface area contributed by atoms with Crippen LogP contribution in [0.3, 0.4) is 0 Å². The fourth-order valence-corrected chi connectivity index (χ4v) is 5.03. The van der Waals surface area contributed by atoms with E-state index in [1.807, 2.05) is 25.7 Å². The molecule has 0 saturated carbocycles. The number of halogens is 2. The van der Waals surface area contributed by atoms with Crippen LogP contribution in [0.4, 0.5) is 25.1 Å². The highest BCUT2D eigenvalue weighted by Crippen LogP contribution is 2.41. The van der Waals surface area contributed by atoms with Crippen LogP contribution in [0.25, 0.3) is 22.5 Å². The van der Waals surface area contributed by atoms with Crippen LogP contribution in [0, 0.1) is 11.6 Å². The van der Waals surface area contributed by atoms with Crippen LogP contribution < -0.4 is 14.5 Å². The lowest BCUT2D eigenvalue weighted by molar-refractivity contribution is -0.117. The fraction of sp³-hybridized carbons (Fsp3) is 0.414. The third-order valence-electron chi connectivity index (χ3n) is 6.91. The second kappa shape index (κ2) is 10.8. The maximum Gasteiger partial charge on any atom is 0.410 e. The number of nitrogens with zero attached hydrogens (tertiary/aromatic N) is 4. The first-order valence-electron chi connectivity index (χ1n) is 13.2. The van der Waals surface area contributed by atoms with Crippen molar-refractivity contribution in [2.75, 3.05) is 49.6 Å². The summed E-state index contributed by atoms with van der Waals surface area (Å²) in [6.07, 6.45) is 0.491. The Morgan fingerprint density at radius 1 is 1.00 bits per heavy atom. The Labute approximate surface area is 231 Å². The zero-order chi connectivity index (χ0) is 28.6. The Kier molecular flexibility index (Phi) is 7.39. The number of benzene rings is 2. The first-order valence-corrected chi connectivity index (χ1v) is 13.2. The monoisotopic (exact) mass is 554 g/mol. The zero-order valence-corrected chi connectivity index (χ0v) is 23.0.